The lowest BCUT2D eigenvalue weighted by molar-refractivity contribution is -0.149. The molecule has 7 nitrogen and oxygen atoms in total. The fourth-order valence-corrected chi connectivity index (χ4v) is 6.62. The van der Waals surface area contributed by atoms with Gasteiger partial charge in [0.15, 0.2) is 0 Å². The smallest absolute Gasteiger partial charge is 0.303 e. The SMILES string of the molecule is COc1ccc2c(c1)CCN(C(=O)[C@H]1C[C@H](CC(=O)O)C1)C2C(=O)Nc1ccc([Si](C)(C)C)c(F)c1. The van der Waals surface area contributed by atoms with E-state index < -0.39 is 26.0 Å². The van der Waals surface area contributed by atoms with Crippen LogP contribution in [0.3, 0.4) is 0 Å². The first-order chi connectivity index (χ1) is 17.0. The van der Waals surface area contributed by atoms with Gasteiger partial charge in [-0.2, -0.15) is 0 Å². The van der Waals surface area contributed by atoms with Crippen LogP contribution in [0.4, 0.5) is 10.1 Å². The van der Waals surface area contributed by atoms with Gasteiger partial charge >= 0.3 is 5.97 Å². The molecule has 192 valence electrons. The second-order valence-corrected chi connectivity index (χ2v) is 15.9. The summed E-state index contributed by atoms with van der Waals surface area (Å²) < 4.78 is 20.2. The van der Waals surface area contributed by atoms with E-state index in [1.807, 2.05) is 6.07 Å². The number of nitrogens with one attached hydrogen (secondary N) is 1. The quantitative estimate of drug-likeness (QED) is 0.548. The number of nitrogens with zero attached hydrogens (tertiary/aromatic N) is 1. The number of aliphatic carboxylic acids is 1. The van der Waals surface area contributed by atoms with Gasteiger partial charge in [0.2, 0.25) is 5.91 Å². The maximum atomic E-state index is 14.8. The summed E-state index contributed by atoms with van der Waals surface area (Å²) in [5.41, 5.74) is 1.99. The Morgan fingerprint density at radius 2 is 1.86 bits per heavy atom. The maximum absolute atomic E-state index is 14.8. The number of hydrogen-bond acceptors (Lipinski definition) is 4. The van der Waals surface area contributed by atoms with Crippen molar-refractivity contribution in [1.82, 2.24) is 4.90 Å². The second-order valence-electron chi connectivity index (χ2n) is 10.8. The average Bonchev–Trinajstić information content (AvgIpc) is 2.78. The van der Waals surface area contributed by atoms with Crippen molar-refractivity contribution in [2.24, 2.45) is 11.8 Å². The second kappa shape index (κ2) is 10.0. The number of hydrogen-bond donors (Lipinski definition) is 2. The highest BCUT2D eigenvalue weighted by atomic mass is 28.3. The van der Waals surface area contributed by atoms with Crippen LogP contribution in [0.15, 0.2) is 36.4 Å². The van der Waals surface area contributed by atoms with E-state index in [4.69, 9.17) is 9.84 Å². The Morgan fingerprint density at radius 3 is 2.47 bits per heavy atom. The molecule has 0 radical (unpaired) electrons. The summed E-state index contributed by atoms with van der Waals surface area (Å²) in [5.74, 6) is -1.39. The summed E-state index contributed by atoms with van der Waals surface area (Å²) in [5, 5.41) is 12.5. The van der Waals surface area contributed by atoms with Gasteiger partial charge in [0.05, 0.1) is 15.2 Å². The Bertz CT molecular complexity index is 1190. The summed E-state index contributed by atoms with van der Waals surface area (Å²) >= 11 is 0. The summed E-state index contributed by atoms with van der Waals surface area (Å²) in [6, 6.07) is 9.37. The minimum absolute atomic E-state index is 0.0158. The molecule has 1 aliphatic carbocycles. The van der Waals surface area contributed by atoms with Gasteiger partial charge in [-0.15, -0.1) is 0 Å². The first-order valence-electron chi connectivity index (χ1n) is 12.3. The minimum atomic E-state index is -1.87. The number of amides is 2. The molecule has 1 unspecified atom stereocenters. The number of carbonyl (C=O) groups excluding carboxylic acids is 2. The zero-order chi connectivity index (χ0) is 26.2. The average molecular weight is 513 g/mol. The molecule has 0 bridgehead atoms. The topological polar surface area (TPSA) is 95.9 Å². The predicted octanol–water partition coefficient (Wildman–Crippen LogP) is 3.94. The Hall–Kier alpha value is -3.20. The van der Waals surface area contributed by atoms with Crippen molar-refractivity contribution in [1.29, 1.82) is 0 Å². The van der Waals surface area contributed by atoms with E-state index in [0.29, 0.717) is 48.0 Å². The molecule has 1 aliphatic heterocycles. The minimum Gasteiger partial charge on any atom is -0.497 e. The highest BCUT2D eigenvalue weighted by molar-refractivity contribution is 6.88. The number of benzene rings is 2. The third-order valence-electron chi connectivity index (χ3n) is 7.20. The van der Waals surface area contributed by atoms with Crippen LogP contribution in [0.2, 0.25) is 19.6 Å². The van der Waals surface area contributed by atoms with E-state index in [-0.39, 0.29) is 30.0 Å². The Morgan fingerprint density at radius 1 is 1.14 bits per heavy atom. The Labute approximate surface area is 211 Å². The van der Waals surface area contributed by atoms with Crippen LogP contribution >= 0.6 is 0 Å². The van der Waals surface area contributed by atoms with Gasteiger partial charge < -0.3 is 20.1 Å². The van der Waals surface area contributed by atoms with Gasteiger partial charge in [-0.25, -0.2) is 4.39 Å². The van der Waals surface area contributed by atoms with Gasteiger partial charge in [0, 0.05) is 24.6 Å². The number of methoxy groups -OCH3 is 1. The van der Waals surface area contributed by atoms with E-state index in [2.05, 4.69) is 25.0 Å². The molecular formula is C27H33FN2O5Si. The first-order valence-corrected chi connectivity index (χ1v) is 15.8. The van der Waals surface area contributed by atoms with Crippen molar-refractivity contribution in [3.8, 4) is 5.75 Å². The molecule has 0 aromatic heterocycles. The molecular weight excluding hydrogens is 479 g/mol. The van der Waals surface area contributed by atoms with Crippen LogP contribution in [0, 0.1) is 17.7 Å². The predicted molar refractivity (Wildman–Crippen MR) is 138 cm³/mol. The third kappa shape index (κ3) is 5.30. The van der Waals surface area contributed by atoms with Crippen molar-refractivity contribution < 1.29 is 28.6 Å². The monoisotopic (exact) mass is 512 g/mol. The molecule has 0 saturated heterocycles. The molecule has 9 heteroatoms. The van der Waals surface area contributed by atoms with Gasteiger partial charge in [0.1, 0.15) is 17.6 Å². The normalized spacial score (nSPS) is 21.2. The Balaban J connectivity index is 1.60. The molecule has 1 heterocycles. The van der Waals surface area contributed by atoms with E-state index in [0.717, 1.165) is 5.56 Å². The summed E-state index contributed by atoms with van der Waals surface area (Å²) in [7, 11) is -0.294. The number of carbonyl (C=O) groups is 3. The molecule has 36 heavy (non-hydrogen) atoms. The fourth-order valence-electron chi connectivity index (χ4n) is 5.25. The van der Waals surface area contributed by atoms with Gasteiger partial charge in [-0.05, 0) is 65.8 Å². The lowest BCUT2D eigenvalue weighted by Gasteiger charge is -2.42. The molecule has 0 spiro atoms. The van der Waals surface area contributed by atoms with Crippen molar-refractivity contribution in [2.45, 2.75) is 51.4 Å². The maximum Gasteiger partial charge on any atom is 0.303 e. The van der Waals surface area contributed by atoms with E-state index in [9.17, 15) is 18.8 Å². The molecule has 1 saturated carbocycles. The number of carboxylic acid groups (broad SMARTS) is 1. The molecule has 2 amide bonds. The van der Waals surface area contributed by atoms with Crippen LogP contribution in [0.25, 0.3) is 0 Å². The third-order valence-corrected chi connectivity index (χ3v) is 9.22. The lowest BCUT2D eigenvalue weighted by atomic mass is 9.72. The number of carboxylic acids is 1. The summed E-state index contributed by atoms with van der Waals surface area (Å²) in [6.07, 6.45) is 1.64. The zero-order valence-corrected chi connectivity index (χ0v) is 22.1. The molecule has 2 aliphatic rings. The van der Waals surface area contributed by atoms with Gasteiger partial charge in [0.25, 0.3) is 5.91 Å². The van der Waals surface area contributed by atoms with Crippen LogP contribution in [-0.4, -0.2) is 49.5 Å². The molecule has 2 aromatic rings. The van der Waals surface area contributed by atoms with E-state index >= 15 is 0 Å². The van der Waals surface area contributed by atoms with Crippen molar-refractivity contribution in [3.05, 3.63) is 53.3 Å². The van der Waals surface area contributed by atoms with Crippen LogP contribution < -0.4 is 15.2 Å². The number of rotatable bonds is 7. The number of halogens is 1. The van der Waals surface area contributed by atoms with Crippen molar-refractivity contribution in [2.75, 3.05) is 19.0 Å². The highest BCUT2D eigenvalue weighted by Gasteiger charge is 2.43. The molecule has 2 aromatic carbocycles. The largest absolute Gasteiger partial charge is 0.497 e. The van der Waals surface area contributed by atoms with Crippen LogP contribution in [-0.2, 0) is 20.8 Å². The fraction of sp³-hybridized carbons (Fsp3) is 0.444. The molecule has 1 fully saturated rings. The van der Waals surface area contributed by atoms with E-state index in [1.165, 1.54) is 6.07 Å². The number of anilines is 1. The summed E-state index contributed by atoms with van der Waals surface area (Å²) in [4.78, 5) is 39.6. The lowest BCUT2D eigenvalue weighted by Crippen LogP contribution is -2.50. The standard InChI is InChI=1S/C27H33FN2O5Si/c1-35-20-6-7-21-17(14-20)9-10-30(27(34)18-11-16(12-18)13-24(31)32)25(21)26(33)29-19-5-8-23(22(28)15-19)36(2,3)4/h5-8,14-16,18,25H,9-13H2,1-4H3,(H,29,33)(H,31,32)/t16-,18-,25?. The van der Waals surface area contributed by atoms with Gasteiger partial charge in [-0.1, -0.05) is 31.8 Å². The first kappa shape index (κ1) is 25.9. The Kier molecular flexibility index (Phi) is 7.22. The van der Waals surface area contributed by atoms with Crippen LogP contribution in [0.1, 0.15) is 36.4 Å². The molecule has 1 atom stereocenters. The van der Waals surface area contributed by atoms with Gasteiger partial charge in [-0.3, -0.25) is 14.4 Å². The number of fused-ring (bicyclic) bond motifs is 1. The zero-order valence-electron chi connectivity index (χ0n) is 21.1. The molecule has 2 N–H and O–H groups in total. The van der Waals surface area contributed by atoms with Crippen molar-refractivity contribution in [3.63, 3.8) is 0 Å². The van der Waals surface area contributed by atoms with E-state index in [1.54, 1.807) is 36.3 Å². The molecule has 4 rings (SSSR count). The summed E-state index contributed by atoms with van der Waals surface area (Å²) in [6.45, 7) is 6.53. The number of ether oxygens (including phenoxy) is 1. The highest BCUT2D eigenvalue weighted by Crippen LogP contribution is 2.41. The van der Waals surface area contributed by atoms with Crippen LogP contribution in [0.5, 0.6) is 5.75 Å². The van der Waals surface area contributed by atoms with Crippen molar-refractivity contribution >= 4 is 36.7 Å².